The predicted octanol–water partition coefficient (Wildman–Crippen LogP) is 2.60. The van der Waals surface area contributed by atoms with Crippen molar-refractivity contribution in [2.75, 3.05) is 7.11 Å². The second kappa shape index (κ2) is 8.50. The van der Waals surface area contributed by atoms with E-state index in [4.69, 9.17) is 4.74 Å². The summed E-state index contributed by atoms with van der Waals surface area (Å²) in [6, 6.07) is 13.6. The van der Waals surface area contributed by atoms with E-state index in [2.05, 4.69) is 15.5 Å². The molecule has 27 heavy (non-hydrogen) atoms. The van der Waals surface area contributed by atoms with Gasteiger partial charge in [-0.3, -0.25) is 9.59 Å². The zero-order chi connectivity index (χ0) is 19.2. The number of amidine groups is 1. The minimum atomic E-state index is -0.527. The number of thioether (sulfide) groups is 1. The summed E-state index contributed by atoms with van der Waals surface area (Å²) in [5.41, 5.74) is 1.26. The van der Waals surface area contributed by atoms with Crippen LogP contribution in [0.1, 0.15) is 22.3 Å². The number of Topliss-reactive ketones (excluding diaryl/α,β-unsaturated/α-hetero) is 1. The number of amides is 1. The van der Waals surface area contributed by atoms with Gasteiger partial charge in [0.15, 0.2) is 22.4 Å². The molecule has 2 aromatic rings. The molecule has 1 unspecified atom stereocenters. The number of nitrogens with one attached hydrogen (secondary N) is 1. The molecule has 8 heteroatoms. The number of phenolic OH excluding ortho intramolecular Hbond substituents is 1. The Morgan fingerprint density at radius 1 is 1.30 bits per heavy atom. The molecule has 0 bridgehead atoms. The third-order valence-electron chi connectivity index (χ3n) is 3.80. The van der Waals surface area contributed by atoms with Gasteiger partial charge in [-0.25, -0.2) is 0 Å². The van der Waals surface area contributed by atoms with Crippen LogP contribution < -0.4 is 10.1 Å². The molecule has 3 rings (SSSR count). The molecule has 1 aliphatic heterocycles. The summed E-state index contributed by atoms with van der Waals surface area (Å²) < 4.78 is 5.03. The Hall–Kier alpha value is -3.13. The van der Waals surface area contributed by atoms with Crippen LogP contribution in [-0.4, -0.2) is 40.5 Å². The van der Waals surface area contributed by atoms with Gasteiger partial charge in [-0.15, -0.1) is 5.10 Å². The van der Waals surface area contributed by atoms with Crippen molar-refractivity contribution in [2.24, 2.45) is 10.2 Å². The van der Waals surface area contributed by atoms with Gasteiger partial charge in [0.1, 0.15) is 0 Å². The number of nitrogens with zero attached hydrogens (tertiary/aromatic N) is 2. The molecule has 1 fully saturated rings. The van der Waals surface area contributed by atoms with Crippen LogP contribution in [0.3, 0.4) is 0 Å². The highest BCUT2D eigenvalue weighted by atomic mass is 32.2. The normalized spacial score (nSPS) is 18.0. The number of carbonyl (C=O) groups excluding carboxylic acids is 2. The molecule has 2 aromatic carbocycles. The maximum absolute atomic E-state index is 12.2. The first-order valence-electron chi connectivity index (χ1n) is 8.10. The lowest BCUT2D eigenvalue weighted by Crippen LogP contribution is -2.26. The van der Waals surface area contributed by atoms with Crippen molar-refractivity contribution in [2.45, 2.75) is 11.7 Å². The van der Waals surface area contributed by atoms with Crippen molar-refractivity contribution >= 4 is 34.8 Å². The van der Waals surface area contributed by atoms with E-state index in [-0.39, 0.29) is 23.9 Å². The minimum absolute atomic E-state index is 0.0329. The van der Waals surface area contributed by atoms with Crippen LogP contribution in [0.4, 0.5) is 0 Å². The van der Waals surface area contributed by atoms with Gasteiger partial charge >= 0.3 is 0 Å². The van der Waals surface area contributed by atoms with Crippen LogP contribution in [0.25, 0.3) is 0 Å². The highest BCUT2D eigenvalue weighted by Crippen LogP contribution is 2.26. The average molecular weight is 383 g/mol. The third-order valence-corrected chi connectivity index (χ3v) is 4.87. The quantitative estimate of drug-likeness (QED) is 0.454. The fourth-order valence-electron chi connectivity index (χ4n) is 2.42. The number of phenols is 1. The Morgan fingerprint density at radius 2 is 2.07 bits per heavy atom. The van der Waals surface area contributed by atoms with Crippen LogP contribution in [0.2, 0.25) is 0 Å². The largest absolute Gasteiger partial charge is 0.504 e. The first kappa shape index (κ1) is 18.7. The lowest BCUT2D eigenvalue weighted by Gasteiger charge is -2.04. The molecule has 1 aliphatic rings. The average Bonchev–Trinajstić information content (AvgIpc) is 3.03. The second-order valence-electron chi connectivity index (χ2n) is 5.67. The zero-order valence-electron chi connectivity index (χ0n) is 14.5. The summed E-state index contributed by atoms with van der Waals surface area (Å²) >= 11 is 1.18. The molecule has 1 saturated heterocycles. The van der Waals surface area contributed by atoms with Gasteiger partial charge in [-0.2, -0.15) is 5.10 Å². The lowest BCUT2D eigenvalue weighted by molar-refractivity contribution is -0.118. The van der Waals surface area contributed by atoms with E-state index in [1.54, 1.807) is 36.4 Å². The van der Waals surface area contributed by atoms with Crippen LogP contribution in [-0.2, 0) is 4.79 Å². The van der Waals surface area contributed by atoms with Crippen LogP contribution in [0.5, 0.6) is 11.5 Å². The van der Waals surface area contributed by atoms with Gasteiger partial charge in [0.05, 0.1) is 18.6 Å². The standard InChI is InChI=1S/C19H17N3O4S/c1-26-16-9-12(7-8-14(16)23)11-20-22-19-21-18(25)17(27-19)10-15(24)13-5-3-2-4-6-13/h2-9,11,17,23H,10H2,1H3,(H,21,22,25)/b20-11+. The maximum atomic E-state index is 12.2. The molecule has 7 nitrogen and oxygen atoms in total. The number of ketones is 1. The molecule has 0 aliphatic carbocycles. The van der Waals surface area contributed by atoms with E-state index in [0.29, 0.717) is 22.0 Å². The van der Waals surface area contributed by atoms with Gasteiger partial charge in [0, 0.05) is 12.0 Å². The molecule has 0 saturated carbocycles. The summed E-state index contributed by atoms with van der Waals surface area (Å²) in [6.45, 7) is 0. The van der Waals surface area contributed by atoms with Crippen molar-refractivity contribution in [1.29, 1.82) is 0 Å². The van der Waals surface area contributed by atoms with E-state index in [1.807, 2.05) is 6.07 Å². The van der Waals surface area contributed by atoms with Crippen molar-refractivity contribution in [3.05, 3.63) is 59.7 Å². The molecule has 2 N–H and O–H groups in total. The molecule has 0 aromatic heterocycles. The first-order chi connectivity index (χ1) is 13.1. The molecular weight excluding hydrogens is 366 g/mol. The summed E-state index contributed by atoms with van der Waals surface area (Å²) in [5, 5.41) is 19.9. The number of hydrogen-bond acceptors (Lipinski definition) is 7. The molecule has 0 radical (unpaired) electrons. The van der Waals surface area contributed by atoms with E-state index in [1.165, 1.54) is 31.2 Å². The number of rotatable bonds is 6. The monoisotopic (exact) mass is 383 g/mol. The Morgan fingerprint density at radius 3 is 2.81 bits per heavy atom. The summed E-state index contributed by atoms with van der Waals surface area (Å²) in [7, 11) is 1.46. The lowest BCUT2D eigenvalue weighted by atomic mass is 10.1. The van der Waals surface area contributed by atoms with Crippen LogP contribution >= 0.6 is 11.8 Å². The number of carbonyl (C=O) groups is 2. The molecule has 1 heterocycles. The molecule has 1 atom stereocenters. The van der Waals surface area contributed by atoms with Gasteiger partial charge in [-0.05, 0) is 23.8 Å². The Balaban J connectivity index is 1.62. The van der Waals surface area contributed by atoms with Crippen molar-refractivity contribution < 1.29 is 19.4 Å². The van der Waals surface area contributed by atoms with Gasteiger partial charge in [0.2, 0.25) is 5.91 Å². The minimum Gasteiger partial charge on any atom is -0.504 e. The third kappa shape index (κ3) is 4.73. The predicted molar refractivity (Wildman–Crippen MR) is 105 cm³/mol. The van der Waals surface area contributed by atoms with Crippen LogP contribution in [0.15, 0.2) is 58.7 Å². The fourth-order valence-corrected chi connectivity index (χ4v) is 3.34. The van der Waals surface area contributed by atoms with Gasteiger partial charge in [0.25, 0.3) is 0 Å². The summed E-state index contributed by atoms with van der Waals surface area (Å²) in [5.74, 6) is 0.00820. The SMILES string of the molecule is COc1cc(/C=N/N=C2\NC(=O)C(CC(=O)c3ccccc3)S2)ccc1O. The van der Waals surface area contributed by atoms with Crippen molar-refractivity contribution in [3.63, 3.8) is 0 Å². The topological polar surface area (TPSA) is 100 Å². The highest BCUT2D eigenvalue weighted by molar-refractivity contribution is 8.15. The summed E-state index contributed by atoms with van der Waals surface area (Å²) in [4.78, 5) is 24.3. The number of aromatic hydroxyl groups is 1. The van der Waals surface area contributed by atoms with E-state index >= 15 is 0 Å². The first-order valence-corrected chi connectivity index (χ1v) is 8.98. The van der Waals surface area contributed by atoms with Crippen molar-refractivity contribution in [1.82, 2.24) is 5.32 Å². The number of ether oxygens (including phenoxy) is 1. The molecule has 1 amide bonds. The Labute approximate surface area is 160 Å². The molecular formula is C19H17N3O4S. The fraction of sp³-hybridized carbons (Fsp3) is 0.158. The van der Waals surface area contributed by atoms with Gasteiger partial charge in [-0.1, -0.05) is 42.1 Å². The Bertz CT molecular complexity index is 912. The Kier molecular flexibility index (Phi) is 5.87. The van der Waals surface area contributed by atoms with E-state index in [9.17, 15) is 14.7 Å². The smallest absolute Gasteiger partial charge is 0.240 e. The van der Waals surface area contributed by atoms with Crippen molar-refractivity contribution in [3.8, 4) is 11.5 Å². The molecule has 0 spiro atoms. The van der Waals surface area contributed by atoms with E-state index < -0.39 is 5.25 Å². The second-order valence-corrected chi connectivity index (χ2v) is 6.86. The zero-order valence-corrected chi connectivity index (χ0v) is 15.3. The number of hydrogen-bond donors (Lipinski definition) is 2. The number of methoxy groups -OCH3 is 1. The number of benzene rings is 2. The maximum Gasteiger partial charge on any atom is 0.240 e. The van der Waals surface area contributed by atoms with Gasteiger partial charge < -0.3 is 15.2 Å². The summed E-state index contributed by atoms with van der Waals surface area (Å²) in [6.07, 6.45) is 1.57. The molecule has 138 valence electrons. The van der Waals surface area contributed by atoms with Crippen LogP contribution in [0, 0.1) is 0 Å². The van der Waals surface area contributed by atoms with E-state index in [0.717, 1.165) is 0 Å². The highest BCUT2D eigenvalue weighted by Gasteiger charge is 2.32.